The molecule has 0 heterocycles. The Morgan fingerprint density at radius 1 is 1.47 bits per heavy atom. The van der Waals surface area contributed by atoms with Crippen LogP contribution in [0, 0.1) is 0 Å². The molecule has 0 aliphatic carbocycles. The van der Waals surface area contributed by atoms with Gasteiger partial charge in [0, 0.05) is 0 Å². The number of carbonyl (C=O) groups is 1. The predicted molar refractivity (Wildman–Crippen MR) is 51.0 cm³/mol. The van der Waals surface area contributed by atoms with Crippen molar-refractivity contribution < 1.29 is 66.0 Å². The first kappa shape index (κ1) is 15.1. The molecule has 0 aromatic heterocycles. The van der Waals surface area contributed by atoms with Crippen molar-refractivity contribution in [3.63, 3.8) is 0 Å². The minimum Gasteiger partial charge on any atom is -0.546 e. The summed E-state index contributed by atoms with van der Waals surface area (Å²) in [7, 11) is 0. The molecule has 1 aromatic carbocycles. The Kier molecular flexibility index (Phi) is 7.47. The van der Waals surface area contributed by atoms with E-state index in [0.717, 1.165) is 5.56 Å². The Balaban J connectivity index is 0.00000196. The Morgan fingerprint density at radius 2 is 2.13 bits per heavy atom. The number of hydrogen-bond acceptors (Lipinski definition) is 3. The van der Waals surface area contributed by atoms with Crippen molar-refractivity contribution in [1.29, 1.82) is 0 Å². The smallest absolute Gasteiger partial charge is 0.546 e. The average molecular weight is 232 g/mol. The molecule has 0 fully saturated rings. The fraction of sp³-hybridized carbons (Fsp3) is 0.364. The summed E-state index contributed by atoms with van der Waals surface area (Å²) in [6.07, 6.45) is 0. The molecular formula is C11H13KO3. The molecule has 0 unspecified atom stereocenters. The first-order valence-electron chi connectivity index (χ1n) is 4.52. The van der Waals surface area contributed by atoms with Gasteiger partial charge in [-0.2, -0.15) is 0 Å². The molecule has 76 valence electrons. The Morgan fingerprint density at radius 3 is 2.67 bits per heavy atom. The van der Waals surface area contributed by atoms with E-state index in [-0.39, 0.29) is 51.4 Å². The van der Waals surface area contributed by atoms with E-state index in [1.807, 2.05) is 18.2 Å². The van der Waals surface area contributed by atoms with Crippen LogP contribution in [0.25, 0.3) is 0 Å². The van der Waals surface area contributed by atoms with Gasteiger partial charge in [0.25, 0.3) is 0 Å². The molecule has 0 aliphatic heterocycles. The second-order valence-corrected chi connectivity index (χ2v) is 3.39. The maximum Gasteiger partial charge on any atom is 1.00 e. The van der Waals surface area contributed by atoms with Crippen LogP contribution in [0.1, 0.15) is 25.3 Å². The maximum absolute atomic E-state index is 10.2. The van der Waals surface area contributed by atoms with E-state index in [1.165, 1.54) is 0 Å². The van der Waals surface area contributed by atoms with Crippen LogP contribution in [0.4, 0.5) is 0 Å². The number of carboxylic acid groups (broad SMARTS) is 1. The van der Waals surface area contributed by atoms with Crippen LogP contribution < -0.4 is 61.2 Å². The van der Waals surface area contributed by atoms with Crippen molar-refractivity contribution in [1.82, 2.24) is 0 Å². The first-order valence-corrected chi connectivity index (χ1v) is 4.52. The first-order chi connectivity index (χ1) is 6.59. The Bertz CT molecular complexity index is 323. The number of carboxylic acids is 1. The van der Waals surface area contributed by atoms with Gasteiger partial charge in [-0.1, -0.05) is 26.0 Å². The van der Waals surface area contributed by atoms with Crippen LogP contribution >= 0.6 is 0 Å². The normalized spacial score (nSPS) is 9.53. The van der Waals surface area contributed by atoms with Crippen LogP contribution in [-0.2, 0) is 4.79 Å². The van der Waals surface area contributed by atoms with Gasteiger partial charge in [0.05, 0.1) is 5.97 Å². The zero-order valence-electron chi connectivity index (χ0n) is 9.32. The number of benzene rings is 1. The SMILES string of the molecule is CC(C)c1cccc(OCC(=O)[O-])c1.[K+]. The van der Waals surface area contributed by atoms with Crippen LogP contribution in [0.3, 0.4) is 0 Å². The van der Waals surface area contributed by atoms with Gasteiger partial charge in [0.15, 0.2) is 0 Å². The Labute approximate surface area is 132 Å². The third-order valence-electron chi connectivity index (χ3n) is 1.88. The topological polar surface area (TPSA) is 49.4 Å². The van der Waals surface area contributed by atoms with Crippen LogP contribution in [-0.4, -0.2) is 12.6 Å². The molecular weight excluding hydrogens is 219 g/mol. The molecule has 1 aromatic rings. The van der Waals surface area contributed by atoms with Gasteiger partial charge in [0.2, 0.25) is 0 Å². The number of carbonyl (C=O) groups excluding carboxylic acids is 1. The molecule has 0 bridgehead atoms. The zero-order chi connectivity index (χ0) is 10.6. The molecule has 0 radical (unpaired) electrons. The van der Waals surface area contributed by atoms with Gasteiger partial charge in [0.1, 0.15) is 12.4 Å². The van der Waals surface area contributed by atoms with Gasteiger partial charge in [-0.25, -0.2) is 0 Å². The largest absolute Gasteiger partial charge is 1.00 e. The van der Waals surface area contributed by atoms with Crippen molar-refractivity contribution in [3.8, 4) is 5.75 Å². The summed E-state index contributed by atoms with van der Waals surface area (Å²) < 4.78 is 5.00. The fourth-order valence-corrected chi connectivity index (χ4v) is 1.11. The third-order valence-corrected chi connectivity index (χ3v) is 1.88. The number of hydrogen-bond donors (Lipinski definition) is 0. The van der Waals surface area contributed by atoms with E-state index >= 15 is 0 Å². The molecule has 0 amide bonds. The molecule has 0 atom stereocenters. The van der Waals surface area contributed by atoms with Crippen molar-refractivity contribution in [2.24, 2.45) is 0 Å². The van der Waals surface area contributed by atoms with E-state index < -0.39 is 12.6 Å². The number of aliphatic carboxylic acids is 1. The van der Waals surface area contributed by atoms with Crippen molar-refractivity contribution in [3.05, 3.63) is 29.8 Å². The second-order valence-electron chi connectivity index (χ2n) is 3.39. The third kappa shape index (κ3) is 5.68. The minimum atomic E-state index is -1.21. The van der Waals surface area contributed by atoms with Crippen LogP contribution in [0.2, 0.25) is 0 Å². The summed E-state index contributed by atoms with van der Waals surface area (Å²) in [4.78, 5) is 10.2. The average Bonchev–Trinajstić information content (AvgIpc) is 2.15. The molecule has 0 aliphatic rings. The zero-order valence-corrected chi connectivity index (χ0v) is 12.4. The molecule has 0 spiro atoms. The predicted octanol–water partition coefficient (Wildman–Crippen LogP) is -2.06. The summed E-state index contributed by atoms with van der Waals surface area (Å²) in [5, 5.41) is 10.2. The number of ether oxygens (including phenoxy) is 1. The molecule has 0 N–H and O–H groups in total. The summed E-state index contributed by atoms with van der Waals surface area (Å²) in [6, 6.07) is 7.40. The van der Waals surface area contributed by atoms with Gasteiger partial charge in [-0.15, -0.1) is 0 Å². The molecule has 3 nitrogen and oxygen atoms in total. The van der Waals surface area contributed by atoms with E-state index in [2.05, 4.69) is 13.8 Å². The van der Waals surface area contributed by atoms with Gasteiger partial charge < -0.3 is 14.6 Å². The van der Waals surface area contributed by atoms with E-state index in [1.54, 1.807) is 6.07 Å². The number of rotatable bonds is 4. The van der Waals surface area contributed by atoms with Crippen molar-refractivity contribution in [2.75, 3.05) is 6.61 Å². The van der Waals surface area contributed by atoms with Crippen LogP contribution in [0.15, 0.2) is 24.3 Å². The van der Waals surface area contributed by atoms with Crippen molar-refractivity contribution >= 4 is 5.97 Å². The minimum absolute atomic E-state index is 0. The standard InChI is InChI=1S/C11H14O3.K/c1-8(2)9-4-3-5-10(6-9)14-7-11(12)13;/h3-6,8H,7H2,1-2H3,(H,12,13);/q;+1/p-1. The quantitative estimate of drug-likeness (QED) is 0.561. The van der Waals surface area contributed by atoms with Gasteiger partial charge in [-0.05, 0) is 23.6 Å². The molecule has 0 saturated carbocycles. The summed E-state index contributed by atoms with van der Waals surface area (Å²) in [5.74, 6) is -0.234. The monoisotopic (exact) mass is 232 g/mol. The van der Waals surface area contributed by atoms with Crippen LogP contribution in [0.5, 0.6) is 5.75 Å². The van der Waals surface area contributed by atoms with E-state index in [9.17, 15) is 9.90 Å². The summed E-state index contributed by atoms with van der Waals surface area (Å²) in [6.45, 7) is 3.73. The molecule has 15 heavy (non-hydrogen) atoms. The molecule has 0 saturated heterocycles. The van der Waals surface area contributed by atoms with E-state index in [0.29, 0.717) is 11.7 Å². The molecule has 4 heteroatoms. The molecule has 1 rings (SSSR count). The van der Waals surface area contributed by atoms with Crippen molar-refractivity contribution in [2.45, 2.75) is 19.8 Å². The van der Waals surface area contributed by atoms with E-state index in [4.69, 9.17) is 4.74 Å². The Hall–Kier alpha value is 0.126. The fourth-order valence-electron chi connectivity index (χ4n) is 1.11. The maximum atomic E-state index is 10.2. The van der Waals surface area contributed by atoms with Gasteiger partial charge in [-0.3, -0.25) is 0 Å². The second kappa shape index (κ2) is 7.41. The summed E-state index contributed by atoms with van der Waals surface area (Å²) in [5.41, 5.74) is 1.13. The summed E-state index contributed by atoms with van der Waals surface area (Å²) >= 11 is 0. The van der Waals surface area contributed by atoms with Gasteiger partial charge >= 0.3 is 51.4 Å².